The van der Waals surface area contributed by atoms with Gasteiger partial charge in [0.15, 0.2) is 17.3 Å². The fourth-order valence-electron chi connectivity index (χ4n) is 3.75. The monoisotopic (exact) mass is 461 g/mol. The minimum atomic E-state index is -0.236. The molecule has 35 heavy (non-hydrogen) atoms. The fraction of sp³-hybridized carbons (Fsp3) is 0.0690. The van der Waals surface area contributed by atoms with Gasteiger partial charge in [-0.2, -0.15) is 9.78 Å². The van der Waals surface area contributed by atoms with Crippen molar-refractivity contribution in [3.05, 3.63) is 125 Å². The highest BCUT2D eigenvalue weighted by atomic mass is 16.5. The van der Waals surface area contributed by atoms with Crippen LogP contribution in [0.5, 0.6) is 11.5 Å². The van der Waals surface area contributed by atoms with Crippen LogP contribution in [0.4, 0.5) is 0 Å². The van der Waals surface area contributed by atoms with Crippen molar-refractivity contribution >= 4 is 17.1 Å². The Kier molecular flexibility index (Phi) is 6.35. The maximum atomic E-state index is 13.3. The minimum Gasteiger partial charge on any atom is -0.493 e. The van der Waals surface area contributed by atoms with Crippen LogP contribution in [0, 0.1) is 0 Å². The van der Waals surface area contributed by atoms with Gasteiger partial charge in [0.2, 0.25) is 0 Å². The van der Waals surface area contributed by atoms with Gasteiger partial charge in [0.1, 0.15) is 6.61 Å². The molecule has 0 spiro atoms. The van der Waals surface area contributed by atoms with E-state index in [4.69, 9.17) is 14.5 Å². The van der Waals surface area contributed by atoms with E-state index >= 15 is 0 Å². The molecule has 0 bridgehead atoms. The lowest BCUT2D eigenvalue weighted by Gasteiger charge is -2.12. The summed E-state index contributed by atoms with van der Waals surface area (Å²) in [5.41, 5.74) is 3.02. The van der Waals surface area contributed by atoms with Crippen molar-refractivity contribution in [1.29, 1.82) is 0 Å². The molecular weight excluding hydrogens is 438 g/mol. The molecule has 0 aliphatic heterocycles. The van der Waals surface area contributed by atoms with E-state index in [2.05, 4.69) is 5.10 Å². The average Bonchev–Trinajstić information content (AvgIpc) is 2.92. The smallest absolute Gasteiger partial charge is 0.282 e. The van der Waals surface area contributed by atoms with Crippen LogP contribution in [0.25, 0.3) is 22.3 Å². The van der Waals surface area contributed by atoms with Crippen molar-refractivity contribution in [1.82, 2.24) is 9.66 Å². The summed E-state index contributed by atoms with van der Waals surface area (Å²) in [7, 11) is 1.59. The van der Waals surface area contributed by atoms with Crippen LogP contribution in [0.2, 0.25) is 0 Å². The van der Waals surface area contributed by atoms with Gasteiger partial charge < -0.3 is 9.47 Å². The summed E-state index contributed by atoms with van der Waals surface area (Å²) in [5.74, 6) is 1.68. The Hall–Kier alpha value is -4.71. The van der Waals surface area contributed by atoms with Gasteiger partial charge in [-0.1, -0.05) is 72.8 Å². The standard InChI is InChI=1S/C29H23N3O3/c1-34-27-18-22(16-17-26(27)35-20-21-10-4-2-5-11-21)19-30-32-28(23-12-6-3-7-13-23)31-25-15-9-8-14-24(25)29(32)33/h2-19H,20H2,1H3. The van der Waals surface area contributed by atoms with Crippen LogP contribution >= 0.6 is 0 Å². The van der Waals surface area contributed by atoms with Gasteiger partial charge in [-0.3, -0.25) is 4.79 Å². The third-order valence-electron chi connectivity index (χ3n) is 5.53. The summed E-state index contributed by atoms with van der Waals surface area (Å²) in [6.07, 6.45) is 1.62. The Morgan fingerprint density at radius 3 is 2.34 bits per heavy atom. The lowest BCUT2D eigenvalue weighted by molar-refractivity contribution is 0.284. The average molecular weight is 462 g/mol. The van der Waals surface area contributed by atoms with Gasteiger partial charge in [0, 0.05) is 5.56 Å². The molecule has 6 heteroatoms. The summed E-state index contributed by atoms with van der Waals surface area (Å²) in [6, 6.07) is 32.3. The normalized spacial score (nSPS) is 11.1. The zero-order valence-corrected chi connectivity index (χ0v) is 19.2. The number of fused-ring (bicyclic) bond motifs is 1. The van der Waals surface area contributed by atoms with Crippen LogP contribution in [-0.2, 0) is 6.61 Å². The number of benzene rings is 4. The summed E-state index contributed by atoms with van der Waals surface area (Å²) in [6.45, 7) is 0.434. The number of nitrogens with zero attached hydrogens (tertiary/aromatic N) is 3. The molecule has 5 rings (SSSR count). The molecule has 0 amide bonds. The van der Waals surface area contributed by atoms with Crippen LogP contribution in [-0.4, -0.2) is 23.0 Å². The molecule has 0 aliphatic carbocycles. The maximum absolute atomic E-state index is 13.3. The second-order valence-corrected chi connectivity index (χ2v) is 7.86. The van der Waals surface area contributed by atoms with Gasteiger partial charge in [-0.05, 0) is 41.5 Å². The molecule has 0 unspecified atom stereocenters. The molecule has 0 atom stereocenters. The summed E-state index contributed by atoms with van der Waals surface area (Å²) in [4.78, 5) is 18.0. The topological polar surface area (TPSA) is 65.7 Å². The lowest BCUT2D eigenvalue weighted by Crippen LogP contribution is -2.20. The minimum absolute atomic E-state index is 0.236. The van der Waals surface area contributed by atoms with E-state index < -0.39 is 0 Å². The SMILES string of the molecule is COc1cc(C=Nn2c(-c3ccccc3)nc3ccccc3c2=O)ccc1OCc1ccccc1. The largest absolute Gasteiger partial charge is 0.493 e. The first-order valence-electron chi connectivity index (χ1n) is 11.2. The van der Waals surface area contributed by atoms with Crippen molar-refractivity contribution in [3.8, 4) is 22.9 Å². The lowest BCUT2D eigenvalue weighted by atomic mass is 10.2. The Morgan fingerprint density at radius 2 is 1.57 bits per heavy atom. The Balaban J connectivity index is 1.49. The highest BCUT2D eigenvalue weighted by Crippen LogP contribution is 2.28. The molecule has 6 nitrogen and oxygen atoms in total. The number of rotatable bonds is 7. The van der Waals surface area contributed by atoms with E-state index in [0.717, 1.165) is 16.7 Å². The van der Waals surface area contributed by atoms with E-state index in [0.29, 0.717) is 34.8 Å². The van der Waals surface area contributed by atoms with Crippen LogP contribution < -0.4 is 15.0 Å². The maximum Gasteiger partial charge on any atom is 0.282 e. The third kappa shape index (κ3) is 4.82. The van der Waals surface area contributed by atoms with Crippen molar-refractivity contribution in [2.45, 2.75) is 6.61 Å². The molecule has 0 saturated carbocycles. The van der Waals surface area contributed by atoms with E-state index in [1.165, 1.54) is 4.68 Å². The van der Waals surface area contributed by atoms with E-state index in [1.807, 2.05) is 97.1 Å². The van der Waals surface area contributed by atoms with Gasteiger partial charge in [-0.15, -0.1) is 0 Å². The number of hydrogen-bond donors (Lipinski definition) is 0. The molecule has 0 N–H and O–H groups in total. The molecule has 5 aromatic rings. The molecule has 0 saturated heterocycles. The summed E-state index contributed by atoms with van der Waals surface area (Å²) < 4.78 is 12.8. The molecule has 0 fully saturated rings. The number of para-hydroxylation sites is 1. The quantitative estimate of drug-likeness (QED) is 0.299. The molecule has 4 aromatic carbocycles. The third-order valence-corrected chi connectivity index (χ3v) is 5.53. The molecular formula is C29H23N3O3. The van der Waals surface area contributed by atoms with E-state index in [9.17, 15) is 4.79 Å². The number of aromatic nitrogens is 2. The number of ether oxygens (including phenoxy) is 2. The fourth-order valence-corrected chi connectivity index (χ4v) is 3.75. The predicted octanol–water partition coefficient (Wildman–Crippen LogP) is 5.53. The highest BCUT2D eigenvalue weighted by Gasteiger charge is 2.12. The Bertz CT molecular complexity index is 1540. The van der Waals surface area contributed by atoms with Gasteiger partial charge in [-0.25, -0.2) is 4.98 Å². The zero-order chi connectivity index (χ0) is 24.0. The second kappa shape index (κ2) is 10.1. The van der Waals surface area contributed by atoms with E-state index in [-0.39, 0.29) is 5.56 Å². The predicted molar refractivity (Wildman–Crippen MR) is 138 cm³/mol. The zero-order valence-electron chi connectivity index (χ0n) is 19.2. The summed E-state index contributed by atoms with van der Waals surface area (Å²) in [5, 5.41) is 5.03. The number of methoxy groups -OCH3 is 1. The van der Waals surface area contributed by atoms with Crippen LogP contribution in [0.15, 0.2) is 113 Å². The summed E-state index contributed by atoms with van der Waals surface area (Å²) >= 11 is 0. The van der Waals surface area contributed by atoms with Crippen molar-refractivity contribution in [2.75, 3.05) is 7.11 Å². The van der Waals surface area contributed by atoms with Gasteiger partial charge in [0.05, 0.1) is 24.2 Å². The molecule has 172 valence electrons. The van der Waals surface area contributed by atoms with Crippen molar-refractivity contribution in [2.24, 2.45) is 5.10 Å². The Morgan fingerprint density at radius 1 is 0.857 bits per heavy atom. The van der Waals surface area contributed by atoms with Crippen LogP contribution in [0.3, 0.4) is 0 Å². The highest BCUT2D eigenvalue weighted by molar-refractivity contribution is 5.82. The van der Waals surface area contributed by atoms with Gasteiger partial charge in [0.25, 0.3) is 5.56 Å². The Labute approximate surface area is 202 Å². The molecule has 1 aromatic heterocycles. The first-order valence-corrected chi connectivity index (χ1v) is 11.2. The first-order chi connectivity index (χ1) is 17.2. The van der Waals surface area contributed by atoms with Gasteiger partial charge >= 0.3 is 0 Å². The molecule has 0 aliphatic rings. The van der Waals surface area contributed by atoms with Crippen LogP contribution in [0.1, 0.15) is 11.1 Å². The molecule has 1 heterocycles. The second-order valence-electron chi connectivity index (χ2n) is 7.86. The number of hydrogen-bond acceptors (Lipinski definition) is 5. The molecule has 0 radical (unpaired) electrons. The van der Waals surface area contributed by atoms with Crippen molar-refractivity contribution in [3.63, 3.8) is 0 Å². The van der Waals surface area contributed by atoms with E-state index in [1.54, 1.807) is 19.4 Å². The first kappa shape index (κ1) is 22.1. The van der Waals surface area contributed by atoms with Crippen molar-refractivity contribution < 1.29 is 9.47 Å².